The van der Waals surface area contributed by atoms with Gasteiger partial charge < -0.3 is 10.6 Å². The van der Waals surface area contributed by atoms with E-state index in [0.717, 1.165) is 13.3 Å². The first kappa shape index (κ1) is 11.3. The Hall–Kier alpha value is -0.780. The first-order valence-corrected chi connectivity index (χ1v) is 4.51. The summed E-state index contributed by atoms with van der Waals surface area (Å²) in [5.41, 5.74) is 0. The van der Waals surface area contributed by atoms with E-state index in [4.69, 9.17) is 0 Å². The molecule has 6 heteroatoms. The Labute approximate surface area is 80.0 Å². The van der Waals surface area contributed by atoms with Crippen LogP contribution in [0.4, 0.5) is 13.2 Å². The number of nitrogens with one attached hydrogen (secondary N) is 2. The number of halogens is 3. The van der Waals surface area contributed by atoms with Crippen molar-refractivity contribution in [2.24, 2.45) is 0 Å². The molecule has 1 fully saturated rings. The lowest BCUT2D eigenvalue weighted by Crippen LogP contribution is -2.49. The van der Waals surface area contributed by atoms with Crippen molar-refractivity contribution in [3.63, 3.8) is 0 Å². The average molecular weight is 210 g/mol. The second kappa shape index (κ2) is 4.16. The third kappa shape index (κ3) is 2.87. The molecule has 82 valence electrons. The number of amides is 1. The molecule has 0 spiro atoms. The molecule has 0 aromatic carbocycles. The first-order chi connectivity index (χ1) is 6.41. The lowest BCUT2D eigenvalue weighted by molar-refractivity contribution is -0.158. The molecule has 0 aliphatic carbocycles. The summed E-state index contributed by atoms with van der Waals surface area (Å²) in [6, 6.07) is -2.24. The van der Waals surface area contributed by atoms with E-state index in [9.17, 15) is 18.0 Å². The summed E-state index contributed by atoms with van der Waals surface area (Å²) in [4.78, 5) is 11.2. The maximum absolute atomic E-state index is 12.1. The molecule has 1 amide bonds. The Bertz CT molecular complexity index is 211. The van der Waals surface area contributed by atoms with Crippen LogP contribution in [-0.2, 0) is 4.79 Å². The molecule has 0 aromatic rings. The van der Waals surface area contributed by atoms with E-state index < -0.39 is 24.2 Å². The standard InChI is InChI=1S/C8H13F3N2O/c1-5(8(9,10)11)13-7(14)6-3-2-4-12-6/h5-6,12H,2-4H2,1H3,(H,13,14)/t5?,6-/m0/s1. The minimum absolute atomic E-state index is 0.459. The van der Waals surface area contributed by atoms with E-state index in [1.54, 1.807) is 0 Å². The maximum atomic E-state index is 12.1. The van der Waals surface area contributed by atoms with E-state index in [0.29, 0.717) is 13.0 Å². The van der Waals surface area contributed by atoms with Gasteiger partial charge in [0.15, 0.2) is 0 Å². The van der Waals surface area contributed by atoms with E-state index in [1.807, 2.05) is 5.32 Å². The SMILES string of the molecule is CC(NC(=O)[C@@H]1CCCN1)C(F)(F)F. The van der Waals surface area contributed by atoms with Crippen molar-refractivity contribution in [2.75, 3.05) is 6.54 Å². The van der Waals surface area contributed by atoms with E-state index in [1.165, 1.54) is 0 Å². The molecule has 0 aromatic heterocycles. The van der Waals surface area contributed by atoms with Crippen molar-refractivity contribution >= 4 is 5.91 Å². The van der Waals surface area contributed by atoms with Crippen LogP contribution in [0.2, 0.25) is 0 Å². The molecule has 1 saturated heterocycles. The molecular formula is C8H13F3N2O. The molecule has 3 nitrogen and oxygen atoms in total. The monoisotopic (exact) mass is 210 g/mol. The first-order valence-electron chi connectivity index (χ1n) is 4.51. The molecule has 0 radical (unpaired) electrons. The van der Waals surface area contributed by atoms with E-state index >= 15 is 0 Å². The van der Waals surface area contributed by atoms with Crippen LogP contribution in [0.5, 0.6) is 0 Å². The minimum Gasteiger partial charge on any atom is -0.343 e. The van der Waals surface area contributed by atoms with Gasteiger partial charge in [-0.15, -0.1) is 0 Å². The van der Waals surface area contributed by atoms with Crippen LogP contribution >= 0.6 is 0 Å². The molecule has 0 bridgehead atoms. The predicted molar refractivity (Wildman–Crippen MR) is 44.7 cm³/mol. The number of hydrogen-bond acceptors (Lipinski definition) is 2. The van der Waals surface area contributed by atoms with Gasteiger partial charge in [0, 0.05) is 0 Å². The number of carbonyl (C=O) groups is 1. The lowest BCUT2D eigenvalue weighted by Gasteiger charge is -2.19. The molecule has 1 aliphatic heterocycles. The van der Waals surface area contributed by atoms with Crippen LogP contribution in [-0.4, -0.2) is 30.7 Å². The Morgan fingerprint density at radius 3 is 2.64 bits per heavy atom. The van der Waals surface area contributed by atoms with Crippen LogP contribution in [0.15, 0.2) is 0 Å². The molecular weight excluding hydrogens is 197 g/mol. The summed E-state index contributed by atoms with van der Waals surface area (Å²) in [6.45, 7) is 1.63. The van der Waals surface area contributed by atoms with Gasteiger partial charge >= 0.3 is 6.18 Å². The molecule has 0 saturated carbocycles. The maximum Gasteiger partial charge on any atom is 0.408 e. The van der Waals surface area contributed by atoms with Gasteiger partial charge in [-0.1, -0.05) is 0 Å². The molecule has 1 unspecified atom stereocenters. The summed E-state index contributed by atoms with van der Waals surface area (Å²) >= 11 is 0. The van der Waals surface area contributed by atoms with Crippen LogP contribution in [0.25, 0.3) is 0 Å². The summed E-state index contributed by atoms with van der Waals surface area (Å²) in [7, 11) is 0. The summed E-state index contributed by atoms with van der Waals surface area (Å²) < 4.78 is 36.2. The quantitative estimate of drug-likeness (QED) is 0.708. The van der Waals surface area contributed by atoms with E-state index in [2.05, 4.69) is 5.32 Å². The summed E-state index contributed by atoms with van der Waals surface area (Å²) in [6.07, 6.45) is -2.93. The fraction of sp³-hybridized carbons (Fsp3) is 0.875. The zero-order valence-electron chi connectivity index (χ0n) is 7.82. The summed E-state index contributed by atoms with van der Waals surface area (Å²) in [5.74, 6) is -0.563. The third-order valence-corrected chi connectivity index (χ3v) is 2.23. The number of carbonyl (C=O) groups excluding carboxylic acids is 1. The van der Waals surface area contributed by atoms with Crippen molar-refractivity contribution in [3.05, 3.63) is 0 Å². The molecule has 2 atom stereocenters. The third-order valence-electron chi connectivity index (χ3n) is 2.23. The summed E-state index contributed by atoms with van der Waals surface area (Å²) in [5, 5.41) is 4.77. The van der Waals surface area contributed by atoms with Crippen LogP contribution in [0.1, 0.15) is 19.8 Å². The van der Waals surface area contributed by atoms with Crippen LogP contribution in [0, 0.1) is 0 Å². The minimum atomic E-state index is -4.37. The average Bonchev–Trinajstić information content (AvgIpc) is 2.53. The Morgan fingerprint density at radius 1 is 1.57 bits per heavy atom. The molecule has 2 N–H and O–H groups in total. The van der Waals surface area contributed by atoms with Gasteiger partial charge in [-0.05, 0) is 26.3 Å². The van der Waals surface area contributed by atoms with Gasteiger partial charge in [0.2, 0.25) is 5.91 Å². The highest BCUT2D eigenvalue weighted by Crippen LogP contribution is 2.19. The smallest absolute Gasteiger partial charge is 0.343 e. The molecule has 1 rings (SSSR count). The Kier molecular flexibility index (Phi) is 3.36. The van der Waals surface area contributed by atoms with Gasteiger partial charge in [-0.3, -0.25) is 4.79 Å². The fourth-order valence-corrected chi connectivity index (χ4v) is 1.30. The largest absolute Gasteiger partial charge is 0.408 e. The number of hydrogen-bond donors (Lipinski definition) is 2. The molecule has 1 heterocycles. The Morgan fingerprint density at radius 2 is 2.21 bits per heavy atom. The van der Waals surface area contributed by atoms with Crippen molar-refractivity contribution in [1.82, 2.24) is 10.6 Å². The topological polar surface area (TPSA) is 41.1 Å². The van der Waals surface area contributed by atoms with Gasteiger partial charge in [0.1, 0.15) is 6.04 Å². The van der Waals surface area contributed by atoms with Crippen LogP contribution in [0.3, 0.4) is 0 Å². The second-order valence-electron chi connectivity index (χ2n) is 3.42. The highest BCUT2D eigenvalue weighted by atomic mass is 19.4. The van der Waals surface area contributed by atoms with Crippen molar-refractivity contribution in [3.8, 4) is 0 Å². The zero-order valence-corrected chi connectivity index (χ0v) is 7.82. The van der Waals surface area contributed by atoms with Gasteiger partial charge in [0.25, 0.3) is 0 Å². The highest BCUT2D eigenvalue weighted by Gasteiger charge is 2.38. The van der Waals surface area contributed by atoms with Gasteiger partial charge in [-0.2, -0.15) is 13.2 Å². The Balaban J connectivity index is 2.40. The normalized spacial score (nSPS) is 24.7. The number of alkyl halides is 3. The van der Waals surface area contributed by atoms with Crippen molar-refractivity contribution in [2.45, 2.75) is 38.0 Å². The molecule has 1 aliphatic rings. The van der Waals surface area contributed by atoms with Gasteiger partial charge in [0.05, 0.1) is 6.04 Å². The lowest BCUT2D eigenvalue weighted by atomic mass is 10.2. The predicted octanol–water partition coefficient (Wildman–Crippen LogP) is 0.805. The molecule has 14 heavy (non-hydrogen) atoms. The highest BCUT2D eigenvalue weighted by molar-refractivity contribution is 5.82. The van der Waals surface area contributed by atoms with Crippen molar-refractivity contribution < 1.29 is 18.0 Å². The zero-order chi connectivity index (χ0) is 10.8. The van der Waals surface area contributed by atoms with Gasteiger partial charge in [-0.25, -0.2) is 0 Å². The fourth-order valence-electron chi connectivity index (χ4n) is 1.30. The van der Waals surface area contributed by atoms with E-state index in [-0.39, 0.29) is 0 Å². The van der Waals surface area contributed by atoms with Crippen LogP contribution < -0.4 is 10.6 Å². The van der Waals surface area contributed by atoms with Crippen molar-refractivity contribution in [1.29, 1.82) is 0 Å². The second-order valence-corrected chi connectivity index (χ2v) is 3.42. The number of rotatable bonds is 2.